The maximum atomic E-state index is 13.0. The first kappa shape index (κ1) is 19.0. The predicted octanol–water partition coefficient (Wildman–Crippen LogP) is 4.36. The Morgan fingerprint density at radius 2 is 1.97 bits per heavy atom. The number of aryl methyl sites for hydroxylation is 1. The second kappa shape index (κ2) is 8.36. The van der Waals surface area contributed by atoms with E-state index in [1.807, 2.05) is 29.7 Å². The van der Waals surface area contributed by atoms with Gasteiger partial charge in [-0.1, -0.05) is 11.8 Å². The fraction of sp³-hybridized carbons (Fsp3) is 0.150. The number of benzene rings is 1. The molecule has 0 saturated carbocycles. The first-order valence-electron chi connectivity index (χ1n) is 8.78. The summed E-state index contributed by atoms with van der Waals surface area (Å²) in [5.41, 5.74) is 1.36. The molecule has 0 aliphatic rings. The average Bonchev–Trinajstić information content (AvgIpc) is 3.44. The normalized spacial score (nSPS) is 11.0. The quantitative estimate of drug-likeness (QED) is 0.454. The molecule has 0 bridgehead atoms. The molecule has 1 aromatic carbocycles. The Kier molecular flexibility index (Phi) is 5.48. The van der Waals surface area contributed by atoms with Crippen molar-refractivity contribution < 1.29 is 18.0 Å². The number of nitrogens with zero attached hydrogens (tertiary/aromatic N) is 3. The van der Waals surface area contributed by atoms with E-state index in [0.29, 0.717) is 23.2 Å². The lowest BCUT2D eigenvalue weighted by Crippen LogP contribution is -2.14. The minimum atomic E-state index is -0.356. The van der Waals surface area contributed by atoms with E-state index in [2.05, 4.69) is 15.5 Å². The molecular weight excluding hydrogens is 395 g/mol. The number of carbonyl (C=O) groups excluding carboxylic acids is 1. The third kappa shape index (κ3) is 4.40. The highest BCUT2D eigenvalue weighted by Gasteiger charge is 2.19. The molecule has 0 spiro atoms. The summed E-state index contributed by atoms with van der Waals surface area (Å²) in [7, 11) is 0. The summed E-state index contributed by atoms with van der Waals surface area (Å²) in [5.74, 6) is 1.64. The highest BCUT2D eigenvalue weighted by atomic mass is 32.2. The zero-order chi connectivity index (χ0) is 20.2. The first-order valence-corrected chi connectivity index (χ1v) is 9.77. The molecule has 9 heteroatoms. The van der Waals surface area contributed by atoms with Crippen molar-refractivity contribution in [3.05, 3.63) is 72.3 Å². The summed E-state index contributed by atoms with van der Waals surface area (Å²) in [4.78, 5) is 12.3. The van der Waals surface area contributed by atoms with Crippen molar-refractivity contribution >= 4 is 23.4 Å². The van der Waals surface area contributed by atoms with Gasteiger partial charge in [0.05, 0.1) is 30.4 Å². The molecule has 7 nitrogen and oxygen atoms in total. The minimum absolute atomic E-state index is 0.123. The lowest BCUT2D eigenvalue weighted by molar-refractivity contribution is -0.113. The van der Waals surface area contributed by atoms with E-state index in [4.69, 9.17) is 8.83 Å². The van der Waals surface area contributed by atoms with Crippen LogP contribution in [-0.4, -0.2) is 26.4 Å². The number of hydrogen-bond acceptors (Lipinski definition) is 6. The van der Waals surface area contributed by atoms with Gasteiger partial charge in [0.1, 0.15) is 17.3 Å². The van der Waals surface area contributed by atoms with Crippen LogP contribution in [-0.2, 0) is 11.3 Å². The van der Waals surface area contributed by atoms with Gasteiger partial charge in [0.15, 0.2) is 11.0 Å². The van der Waals surface area contributed by atoms with Gasteiger partial charge in [-0.15, -0.1) is 10.2 Å². The van der Waals surface area contributed by atoms with Crippen LogP contribution in [0.25, 0.3) is 11.4 Å². The topological polar surface area (TPSA) is 86.1 Å². The van der Waals surface area contributed by atoms with Crippen molar-refractivity contribution in [2.24, 2.45) is 0 Å². The number of anilines is 1. The third-order valence-electron chi connectivity index (χ3n) is 4.17. The number of halogens is 1. The number of nitrogens with one attached hydrogen (secondary N) is 1. The van der Waals surface area contributed by atoms with Gasteiger partial charge in [0.2, 0.25) is 5.91 Å². The van der Waals surface area contributed by atoms with Crippen LogP contribution in [0.2, 0.25) is 0 Å². The van der Waals surface area contributed by atoms with E-state index >= 15 is 0 Å². The number of furan rings is 2. The molecule has 3 heterocycles. The SMILES string of the molecule is Cc1occc1-c1nnc(SCC(=O)Nc2ccc(F)cc2)n1Cc1ccco1. The van der Waals surface area contributed by atoms with Gasteiger partial charge in [-0.05, 0) is 49.4 Å². The van der Waals surface area contributed by atoms with Gasteiger partial charge in [-0.3, -0.25) is 9.36 Å². The molecule has 1 N–H and O–H groups in total. The number of thioether (sulfide) groups is 1. The summed E-state index contributed by atoms with van der Waals surface area (Å²) in [5, 5.41) is 11.8. The lowest BCUT2D eigenvalue weighted by atomic mass is 10.2. The summed E-state index contributed by atoms with van der Waals surface area (Å²) in [6, 6.07) is 11.1. The van der Waals surface area contributed by atoms with Crippen molar-refractivity contribution in [2.45, 2.75) is 18.6 Å². The molecule has 1 amide bonds. The van der Waals surface area contributed by atoms with Crippen LogP contribution < -0.4 is 5.32 Å². The van der Waals surface area contributed by atoms with Crippen molar-refractivity contribution in [3.8, 4) is 11.4 Å². The zero-order valence-corrected chi connectivity index (χ0v) is 16.3. The molecule has 0 saturated heterocycles. The maximum absolute atomic E-state index is 13.0. The first-order chi connectivity index (χ1) is 14.1. The molecule has 0 unspecified atom stereocenters. The van der Waals surface area contributed by atoms with Gasteiger partial charge in [-0.25, -0.2) is 4.39 Å². The van der Waals surface area contributed by atoms with E-state index in [0.717, 1.165) is 17.1 Å². The molecular formula is C20H17FN4O3S. The minimum Gasteiger partial charge on any atom is -0.469 e. The molecule has 29 heavy (non-hydrogen) atoms. The Bertz CT molecular complexity index is 1100. The summed E-state index contributed by atoms with van der Waals surface area (Å²) < 4.78 is 25.7. The maximum Gasteiger partial charge on any atom is 0.234 e. The highest BCUT2D eigenvalue weighted by Crippen LogP contribution is 2.28. The van der Waals surface area contributed by atoms with E-state index in [1.54, 1.807) is 12.5 Å². The second-order valence-electron chi connectivity index (χ2n) is 6.21. The number of hydrogen-bond donors (Lipinski definition) is 1. The molecule has 0 aliphatic carbocycles. The summed E-state index contributed by atoms with van der Waals surface area (Å²) in [6.07, 6.45) is 3.20. The molecule has 0 fully saturated rings. The number of amides is 1. The van der Waals surface area contributed by atoms with Crippen LogP contribution in [0.4, 0.5) is 10.1 Å². The number of rotatable bonds is 7. The molecule has 0 aliphatic heterocycles. The fourth-order valence-corrected chi connectivity index (χ4v) is 3.51. The van der Waals surface area contributed by atoms with Crippen molar-refractivity contribution in [1.82, 2.24) is 14.8 Å². The predicted molar refractivity (Wildman–Crippen MR) is 106 cm³/mol. The zero-order valence-electron chi connectivity index (χ0n) is 15.5. The lowest BCUT2D eigenvalue weighted by Gasteiger charge is -2.09. The molecule has 0 radical (unpaired) electrons. The Labute approximate surface area is 169 Å². The Balaban J connectivity index is 1.52. The van der Waals surface area contributed by atoms with E-state index in [9.17, 15) is 9.18 Å². The molecule has 4 rings (SSSR count). The van der Waals surface area contributed by atoms with Crippen LogP contribution in [0.5, 0.6) is 0 Å². The smallest absolute Gasteiger partial charge is 0.234 e. The van der Waals surface area contributed by atoms with Crippen molar-refractivity contribution in [2.75, 3.05) is 11.1 Å². The number of aromatic nitrogens is 3. The largest absolute Gasteiger partial charge is 0.469 e. The molecule has 0 atom stereocenters. The van der Waals surface area contributed by atoms with Crippen LogP contribution in [0.1, 0.15) is 11.5 Å². The summed E-state index contributed by atoms with van der Waals surface area (Å²) in [6.45, 7) is 2.27. The Hall–Kier alpha value is -3.33. The van der Waals surface area contributed by atoms with Gasteiger partial charge >= 0.3 is 0 Å². The van der Waals surface area contributed by atoms with Gasteiger partial charge in [0, 0.05) is 5.69 Å². The van der Waals surface area contributed by atoms with Gasteiger partial charge < -0.3 is 14.2 Å². The summed E-state index contributed by atoms with van der Waals surface area (Å²) >= 11 is 1.25. The van der Waals surface area contributed by atoms with E-state index in [-0.39, 0.29) is 17.5 Å². The fourth-order valence-electron chi connectivity index (χ4n) is 2.77. The van der Waals surface area contributed by atoms with Crippen LogP contribution in [0.3, 0.4) is 0 Å². The second-order valence-corrected chi connectivity index (χ2v) is 7.15. The molecule has 3 aromatic heterocycles. The van der Waals surface area contributed by atoms with Crippen molar-refractivity contribution in [3.63, 3.8) is 0 Å². The van der Waals surface area contributed by atoms with Gasteiger partial charge in [-0.2, -0.15) is 0 Å². The number of carbonyl (C=O) groups is 1. The molecule has 148 valence electrons. The van der Waals surface area contributed by atoms with Gasteiger partial charge in [0.25, 0.3) is 0 Å². The van der Waals surface area contributed by atoms with E-state index in [1.165, 1.54) is 36.0 Å². The van der Waals surface area contributed by atoms with Crippen molar-refractivity contribution in [1.29, 1.82) is 0 Å². The van der Waals surface area contributed by atoms with Crippen LogP contribution in [0.15, 0.2) is 69.0 Å². The molecule has 4 aromatic rings. The van der Waals surface area contributed by atoms with Crippen LogP contribution in [0, 0.1) is 12.7 Å². The Morgan fingerprint density at radius 1 is 1.14 bits per heavy atom. The third-order valence-corrected chi connectivity index (χ3v) is 5.14. The standard InChI is InChI=1S/C20H17FN4O3S/c1-13-17(8-10-27-13)19-23-24-20(25(19)11-16-3-2-9-28-16)29-12-18(26)22-15-6-4-14(21)5-7-15/h2-10H,11-12H2,1H3,(H,22,26). The van der Waals surface area contributed by atoms with E-state index < -0.39 is 0 Å². The van der Waals surface area contributed by atoms with Crippen LogP contribution >= 0.6 is 11.8 Å². The average molecular weight is 412 g/mol. The highest BCUT2D eigenvalue weighted by molar-refractivity contribution is 7.99. The monoisotopic (exact) mass is 412 g/mol. The Morgan fingerprint density at radius 3 is 2.66 bits per heavy atom.